The number of unbranched alkanes of at least 4 members (excludes halogenated alkanes) is 12. The van der Waals surface area contributed by atoms with Gasteiger partial charge in [0.2, 0.25) is 0 Å². The van der Waals surface area contributed by atoms with Gasteiger partial charge in [-0.05, 0) is 12.8 Å². The second kappa shape index (κ2) is 41.9. The van der Waals surface area contributed by atoms with E-state index in [1.165, 1.54) is 64.2 Å². The number of aliphatic hydroxyl groups excluding tert-OH is 3. The lowest BCUT2D eigenvalue weighted by atomic mass is 10.1. The van der Waals surface area contributed by atoms with Gasteiger partial charge < -0.3 is 35.7 Å². The molecule has 0 aliphatic rings. The highest BCUT2D eigenvalue weighted by molar-refractivity contribution is 5.66. The summed E-state index contributed by atoms with van der Waals surface area (Å²) in [6.07, 6.45) is 16.3. The van der Waals surface area contributed by atoms with Crippen LogP contribution in [0.4, 0.5) is 0 Å². The van der Waals surface area contributed by atoms with Gasteiger partial charge in [-0.2, -0.15) is 0 Å². The van der Waals surface area contributed by atoms with Gasteiger partial charge in [0.05, 0.1) is 13.2 Å². The van der Waals surface area contributed by atoms with Crippen LogP contribution in [-0.4, -0.2) is 78.9 Å². The standard InChI is InChI=1S/2C10H20O2.C3H8O3.2C2H4O2/c2*1-2-3-4-5-6-7-8-9-10(11)12;4-1-3(6)2-5;2*1-2(3)4/h2*2-9H2,1H3,(H,11,12);3-6H,1-2H2;2*1H3,(H,3,4). The Kier molecular flexibility index (Phi) is 50.3. The van der Waals surface area contributed by atoms with Crippen LogP contribution in [0.25, 0.3) is 0 Å². The molecule has 0 atom stereocenters. The van der Waals surface area contributed by atoms with E-state index in [9.17, 15) is 9.59 Å². The number of carboxylic acids is 4. The number of aliphatic carboxylic acids is 4. The Balaban J connectivity index is -0.000000130. The first kappa shape index (κ1) is 45.7. The molecule has 230 valence electrons. The monoisotopic (exact) mass is 556 g/mol. The molecule has 0 rings (SSSR count). The van der Waals surface area contributed by atoms with Crippen molar-refractivity contribution in [2.45, 2.75) is 137 Å². The maximum atomic E-state index is 10.1. The van der Waals surface area contributed by atoms with E-state index in [2.05, 4.69) is 13.8 Å². The predicted octanol–water partition coefficient (Wildman–Crippen LogP) is 4.94. The minimum Gasteiger partial charge on any atom is -0.481 e. The summed E-state index contributed by atoms with van der Waals surface area (Å²) in [5.41, 5.74) is 0. The zero-order valence-corrected chi connectivity index (χ0v) is 24.1. The molecule has 0 fully saturated rings. The van der Waals surface area contributed by atoms with Crippen LogP contribution in [0.15, 0.2) is 0 Å². The van der Waals surface area contributed by atoms with E-state index in [-0.39, 0.29) is 13.2 Å². The van der Waals surface area contributed by atoms with Crippen LogP contribution in [0.3, 0.4) is 0 Å². The van der Waals surface area contributed by atoms with Crippen LogP contribution in [-0.2, 0) is 19.2 Å². The van der Waals surface area contributed by atoms with E-state index < -0.39 is 30.0 Å². The van der Waals surface area contributed by atoms with Gasteiger partial charge in [-0.1, -0.05) is 90.9 Å². The van der Waals surface area contributed by atoms with Crippen molar-refractivity contribution in [2.75, 3.05) is 13.2 Å². The summed E-state index contributed by atoms with van der Waals surface area (Å²) in [4.78, 5) is 38.3. The molecule has 0 bridgehead atoms. The maximum absolute atomic E-state index is 10.1. The Morgan fingerprint density at radius 2 is 0.711 bits per heavy atom. The third-order valence-electron chi connectivity index (χ3n) is 4.41. The first-order valence-corrected chi connectivity index (χ1v) is 13.5. The average molecular weight is 557 g/mol. The van der Waals surface area contributed by atoms with Crippen molar-refractivity contribution in [3.63, 3.8) is 0 Å². The molecule has 0 heterocycles. The molecule has 0 saturated carbocycles. The fourth-order valence-electron chi connectivity index (χ4n) is 2.52. The van der Waals surface area contributed by atoms with Crippen LogP contribution in [0.1, 0.15) is 130 Å². The highest BCUT2D eigenvalue weighted by Crippen LogP contribution is 2.08. The lowest BCUT2D eigenvalue weighted by Crippen LogP contribution is -2.15. The molecule has 0 aromatic heterocycles. The molecule has 0 aliphatic carbocycles. The Morgan fingerprint density at radius 3 is 0.868 bits per heavy atom. The smallest absolute Gasteiger partial charge is 0.303 e. The number of hydrogen-bond donors (Lipinski definition) is 7. The van der Waals surface area contributed by atoms with E-state index in [0.29, 0.717) is 12.8 Å². The van der Waals surface area contributed by atoms with Gasteiger partial charge in [0.15, 0.2) is 0 Å². The number of rotatable bonds is 18. The normalized spacial score (nSPS) is 9.26. The Morgan fingerprint density at radius 1 is 0.500 bits per heavy atom. The molecular weight excluding hydrogens is 500 g/mol. The lowest BCUT2D eigenvalue weighted by Gasteiger charge is -1.98. The Labute approximate surface area is 228 Å². The summed E-state index contributed by atoms with van der Waals surface area (Å²) in [7, 11) is 0. The number of hydrogen-bond acceptors (Lipinski definition) is 7. The van der Waals surface area contributed by atoms with Crippen molar-refractivity contribution >= 4 is 23.9 Å². The predicted molar refractivity (Wildman–Crippen MR) is 147 cm³/mol. The van der Waals surface area contributed by atoms with Crippen molar-refractivity contribution in [3.8, 4) is 0 Å². The van der Waals surface area contributed by atoms with Crippen molar-refractivity contribution in [1.29, 1.82) is 0 Å². The van der Waals surface area contributed by atoms with Crippen LogP contribution in [0.5, 0.6) is 0 Å². The van der Waals surface area contributed by atoms with E-state index in [1.807, 2.05) is 0 Å². The largest absolute Gasteiger partial charge is 0.481 e. The molecule has 7 N–H and O–H groups in total. The Bertz CT molecular complexity index is 459. The van der Waals surface area contributed by atoms with Crippen LogP contribution >= 0.6 is 0 Å². The highest BCUT2D eigenvalue weighted by Gasteiger charge is 1.96. The summed E-state index contributed by atoms with van der Waals surface area (Å²) in [5, 5.41) is 55.6. The lowest BCUT2D eigenvalue weighted by molar-refractivity contribution is -0.138. The van der Waals surface area contributed by atoms with Gasteiger partial charge in [0, 0.05) is 26.7 Å². The molecule has 0 aromatic carbocycles. The quantitative estimate of drug-likeness (QED) is 0.112. The van der Waals surface area contributed by atoms with Crippen LogP contribution in [0, 0.1) is 0 Å². The molecule has 0 saturated heterocycles. The SMILES string of the molecule is CC(=O)O.CC(=O)O.CCCCCCCCCC(=O)O.CCCCCCCCCC(=O)O.OCC(O)CO. The second-order valence-corrected chi connectivity index (χ2v) is 8.59. The average Bonchev–Trinajstić information content (AvgIpc) is 2.82. The van der Waals surface area contributed by atoms with Gasteiger partial charge in [0.25, 0.3) is 11.9 Å². The minimum absolute atomic E-state index is 0.341. The number of aliphatic hydroxyl groups is 3. The van der Waals surface area contributed by atoms with Gasteiger partial charge in [0.1, 0.15) is 6.10 Å². The summed E-state index contributed by atoms with van der Waals surface area (Å²) in [6, 6.07) is 0. The van der Waals surface area contributed by atoms with Gasteiger partial charge in [-0.3, -0.25) is 19.2 Å². The van der Waals surface area contributed by atoms with Crippen LogP contribution < -0.4 is 0 Å². The molecule has 0 radical (unpaired) electrons. The molecular formula is C27H56O11. The molecule has 11 nitrogen and oxygen atoms in total. The summed E-state index contributed by atoms with van der Waals surface area (Å²) >= 11 is 0. The molecule has 0 amide bonds. The summed E-state index contributed by atoms with van der Waals surface area (Å²) in [5.74, 6) is -2.99. The molecule has 0 unspecified atom stereocenters. The zero-order chi connectivity index (χ0) is 30.6. The van der Waals surface area contributed by atoms with E-state index in [0.717, 1.165) is 39.5 Å². The van der Waals surface area contributed by atoms with Crippen molar-refractivity contribution < 1.29 is 54.9 Å². The van der Waals surface area contributed by atoms with Crippen molar-refractivity contribution in [1.82, 2.24) is 0 Å². The van der Waals surface area contributed by atoms with Crippen molar-refractivity contribution in [2.24, 2.45) is 0 Å². The minimum atomic E-state index is -0.954. The first-order chi connectivity index (χ1) is 17.8. The highest BCUT2D eigenvalue weighted by atomic mass is 16.4. The Hall–Kier alpha value is -2.24. The van der Waals surface area contributed by atoms with E-state index >= 15 is 0 Å². The topological polar surface area (TPSA) is 210 Å². The second-order valence-electron chi connectivity index (χ2n) is 8.59. The third kappa shape index (κ3) is 92.8. The maximum Gasteiger partial charge on any atom is 0.303 e. The van der Waals surface area contributed by atoms with Crippen LogP contribution in [0.2, 0.25) is 0 Å². The first-order valence-electron chi connectivity index (χ1n) is 13.5. The third-order valence-corrected chi connectivity index (χ3v) is 4.41. The number of carboxylic acid groups (broad SMARTS) is 4. The van der Waals surface area contributed by atoms with E-state index in [1.54, 1.807) is 0 Å². The molecule has 0 aromatic rings. The summed E-state index contributed by atoms with van der Waals surface area (Å²) < 4.78 is 0. The number of carbonyl (C=O) groups is 4. The molecule has 0 aliphatic heterocycles. The fourth-order valence-corrected chi connectivity index (χ4v) is 2.52. The molecule has 38 heavy (non-hydrogen) atoms. The molecule has 11 heteroatoms. The van der Waals surface area contributed by atoms with E-state index in [4.69, 9.17) is 45.3 Å². The fraction of sp³-hybridized carbons (Fsp3) is 0.852. The summed E-state index contributed by atoms with van der Waals surface area (Å²) in [6.45, 7) is 5.84. The van der Waals surface area contributed by atoms with Gasteiger partial charge in [-0.15, -0.1) is 0 Å². The zero-order valence-electron chi connectivity index (χ0n) is 24.1. The van der Waals surface area contributed by atoms with Crippen molar-refractivity contribution in [3.05, 3.63) is 0 Å². The van der Waals surface area contributed by atoms with Gasteiger partial charge >= 0.3 is 11.9 Å². The van der Waals surface area contributed by atoms with Gasteiger partial charge in [-0.25, -0.2) is 0 Å². The molecule has 0 spiro atoms.